The summed E-state index contributed by atoms with van der Waals surface area (Å²) in [6, 6.07) is 35.3. The lowest BCUT2D eigenvalue weighted by molar-refractivity contribution is 0.590. The van der Waals surface area contributed by atoms with Crippen LogP contribution in [-0.4, -0.2) is 0 Å². The van der Waals surface area contributed by atoms with Crippen molar-refractivity contribution in [2.75, 3.05) is 0 Å². The van der Waals surface area contributed by atoms with Gasteiger partial charge in [0.15, 0.2) is 0 Å². The Kier molecular flexibility index (Phi) is 4.50. The molecule has 0 amide bonds. The molecule has 0 spiro atoms. The second-order valence-electron chi connectivity index (χ2n) is 9.98. The van der Waals surface area contributed by atoms with E-state index in [2.05, 4.69) is 106 Å². The number of hydrogen-bond donors (Lipinski definition) is 0. The second-order valence-corrected chi connectivity index (χ2v) is 10.4. The number of rotatable bonds is 2. The molecule has 0 bridgehead atoms. The van der Waals surface area contributed by atoms with Gasteiger partial charge in [0.05, 0.1) is 0 Å². The number of hydrogen-bond acceptors (Lipinski definition) is 0. The third kappa shape index (κ3) is 3.29. The zero-order valence-corrected chi connectivity index (χ0v) is 19.9. The van der Waals surface area contributed by atoms with Gasteiger partial charge in [0.1, 0.15) is 0 Å². The first-order valence-corrected chi connectivity index (χ1v) is 11.9. The van der Waals surface area contributed by atoms with E-state index >= 15 is 0 Å². The van der Waals surface area contributed by atoms with Crippen LogP contribution < -0.4 is 0 Å². The van der Waals surface area contributed by atoms with Crippen LogP contribution in [0, 0.1) is 0 Å². The van der Waals surface area contributed by atoms with Crippen LogP contribution in [0.15, 0.2) is 97.1 Å². The van der Waals surface area contributed by atoms with E-state index in [9.17, 15) is 0 Å². The lowest BCUT2D eigenvalue weighted by Gasteiger charge is -2.20. The molecule has 0 aromatic heterocycles. The van der Waals surface area contributed by atoms with E-state index in [1.165, 1.54) is 60.1 Å². The summed E-state index contributed by atoms with van der Waals surface area (Å²) in [5.74, 6) is 0. The van der Waals surface area contributed by atoms with E-state index in [0.717, 1.165) is 5.02 Å². The fourth-order valence-electron chi connectivity index (χ4n) is 5.08. The SMILES string of the molecule is CC(C)(C)c1ccc(-c2ccc3ccc4c(-c5ccc(Cl)cc5)ccc5ccc2c3c54)cc1. The molecule has 0 saturated carbocycles. The quantitative estimate of drug-likeness (QED) is 0.233. The molecule has 33 heavy (non-hydrogen) atoms. The largest absolute Gasteiger partial charge is 0.0843 e. The minimum Gasteiger partial charge on any atom is -0.0843 e. The van der Waals surface area contributed by atoms with Crippen molar-refractivity contribution in [2.45, 2.75) is 26.2 Å². The molecule has 0 aliphatic heterocycles. The topological polar surface area (TPSA) is 0 Å². The Bertz CT molecular complexity index is 1620. The maximum absolute atomic E-state index is 6.15. The van der Waals surface area contributed by atoms with Crippen LogP contribution in [0.25, 0.3) is 54.6 Å². The molecule has 6 aromatic carbocycles. The first-order chi connectivity index (χ1) is 15.9. The third-order valence-corrected chi connectivity index (χ3v) is 7.13. The highest BCUT2D eigenvalue weighted by Gasteiger charge is 2.16. The van der Waals surface area contributed by atoms with Gasteiger partial charge in [-0.2, -0.15) is 0 Å². The molecule has 0 nitrogen and oxygen atoms in total. The van der Waals surface area contributed by atoms with Gasteiger partial charge in [-0.3, -0.25) is 0 Å². The van der Waals surface area contributed by atoms with Crippen molar-refractivity contribution in [2.24, 2.45) is 0 Å². The summed E-state index contributed by atoms with van der Waals surface area (Å²) >= 11 is 6.15. The summed E-state index contributed by atoms with van der Waals surface area (Å²) in [6.07, 6.45) is 0. The average molecular weight is 445 g/mol. The molecule has 0 radical (unpaired) electrons. The predicted octanol–water partition coefficient (Wildman–Crippen LogP) is 9.87. The van der Waals surface area contributed by atoms with Gasteiger partial charge in [0.2, 0.25) is 0 Å². The molecule has 0 unspecified atom stereocenters. The summed E-state index contributed by atoms with van der Waals surface area (Å²) in [5.41, 5.74) is 6.49. The summed E-state index contributed by atoms with van der Waals surface area (Å²) in [6.45, 7) is 6.78. The van der Waals surface area contributed by atoms with Crippen LogP contribution in [0.5, 0.6) is 0 Å². The van der Waals surface area contributed by atoms with Crippen molar-refractivity contribution < 1.29 is 0 Å². The van der Waals surface area contributed by atoms with Crippen molar-refractivity contribution in [1.82, 2.24) is 0 Å². The van der Waals surface area contributed by atoms with Crippen molar-refractivity contribution >= 4 is 43.9 Å². The van der Waals surface area contributed by atoms with Gasteiger partial charge in [0, 0.05) is 5.02 Å². The van der Waals surface area contributed by atoms with Gasteiger partial charge in [-0.05, 0) is 77.7 Å². The third-order valence-electron chi connectivity index (χ3n) is 6.88. The van der Waals surface area contributed by atoms with Crippen LogP contribution in [0.4, 0.5) is 0 Å². The lowest BCUT2D eigenvalue weighted by Crippen LogP contribution is -2.10. The highest BCUT2D eigenvalue weighted by molar-refractivity contribution is 6.31. The molecule has 0 aliphatic rings. The summed E-state index contributed by atoms with van der Waals surface area (Å²) in [5, 5.41) is 8.60. The molecular formula is C32H25Cl. The minimum absolute atomic E-state index is 0.152. The van der Waals surface area contributed by atoms with Crippen LogP contribution in [0.3, 0.4) is 0 Å². The van der Waals surface area contributed by atoms with Gasteiger partial charge in [0.25, 0.3) is 0 Å². The van der Waals surface area contributed by atoms with E-state index < -0.39 is 0 Å². The van der Waals surface area contributed by atoms with Crippen molar-refractivity contribution in [3.05, 3.63) is 108 Å². The maximum atomic E-state index is 6.15. The van der Waals surface area contributed by atoms with Crippen LogP contribution in [0.2, 0.25) is 5.02 Å². The second kappa shape index (κ2) is 7.33. The summed E-state index contributed by atoms with van der Waals surface area (Å²) in [7, 11) is 0. The molecule has 0 atom stereocenters. The highest BCUT2D eigenvalue weighted by Crippen LogP contribution is 2.42. The van der Waals surface area contributed by atoms with Crippen molar-refractivity contribution in [3.8, 4) is 22.3 Å². The molecule has 0 saturated heterocycles. The van der Waals surface area contributed by atoms with Gasteiger partial charge in [-0.15, -0.1) is 0 Å². The Hall–Kier alpha value is -3.35. The van der Waals surface area contributed by atoms with Gasteiger partial charge < -0.3 is 0 Å². The maximum Gasteiger partial charge on any atom is 0.0406 e. The van der Waals surface area contributed by atoms with E-state index in [4.69, 9.17) is 11.6 Å². The molecule has 6 rings (SSSR count). The van der Waals surface area contributed by atoms with Crippen molar-refractivity contribution in [3.63, 3.8) is 0 Å². The minimum atomic E-state index is 0.152. The predicted molar refractivity (Wildman–Crippen MR) is 145 cm³/mol. The zero-order valence-electron chi connectivity index (χ0n) is 19.1. The first kappa shape index (κ1) is 20.3. The number of halogens is 1. The molecular weight excluding hydrogens is 420 g/mol. The Morgan fingerprint density at radius 3 is 1.36 bits per heavy atom. The Labute approximate surface area is 199 Å². The molecule has 1 heteroatoms. The lowest BCUT2D eigenvalue weighted by atomic mass is 9.85. The molecule has 0 heterocycles. The van der Waals surface area contributed by atoms with Gasteiger partial charge >= 0.3 is 0 Å². The monoisotopic (exact) mass is 444 g/mol. The van der Waals surface area contributed by atoms with E-state index in [0.29, 0.717) is 0 Å². The van der Waals surface area contributed by atoms with Crippen LogP contribution in [-0.2, 0) is 5.41 Å². The summed E-state index contributed by atoms with van der Waals surface area (Å²) in [4.78, 5) is 0. The smallest absolute Gasteiger partial charge is 0.0406 e. The molecule has 0 aliphatic carbocycles. The molecule has 0 fully saturated rings. The van der Waals surface area contributed by atoms with Crippen LogP contribution in [0.1, 0.15) is 26.3 Å². The Morgan fingerprint density at radius 2 is 0.909 bits per heavy atom. The number of benzene rings is 6. The zero-order chi connectivity index (χ0) is 22.7. The fraction of sp³-hybridized carbons (Fsp3) is 0.125. The average Bonchev–Trinajstić information content (AvgIpc) is 2.82. The molecule has 6 aromatic rings. The van der Waals surface area contributed by atoms with Crippen molar-refractivity contribution in [1.29, 1.82) is 0 Å². The molecule has 160 valence electrons. The summed E-state index contributed by atoms with van der Waals surface area (Å²) < 4.78 is 0. The van der Waals surface area contributed by atoms with Crippen LogP contribution >= 0.6 is 11.6 Å². The highest BCUT2D eigenvalue weighted by atomic mass is 35.5. The van der Waals surface area contributed by atoms with Gasteiger partial charge in [-0.1, -0.05) is 117 Å². The Morgan fingerprint density at radius 1 is 0.485 bits per heavy atom. The standard InChI is InChI=1S/C32H25Cl/c1-32(2,3)24-12-4-20(5-13-24)26-16-8-22-11-19-29-27(21-6-14-25(33)15-7-21)17-9-23-10-18-28(26)30(22)31(23)29/h4-19H,1-3H3. The normalized spacial score (nSPS) is 12.2. The van der Waals surface area contributed by atoms with Gasteiger partial charge in [-0.25, -0.2) is 0 Å². The van der Waals surface area contributed by atoms with E-state index in [1.807, 2.05) is 12.1 Å². The Balaban J connectivity index is 1.62. The molecule has 0 N–H and O–H groups in total. The van der Waals surface area contributed by atoms with E-state index in [-0.39, 0.29) is 5.41 Å². The van der Waals surface area contributed by atoms with E-state index in [1.54, 1.807) is 0 Å². The fourth-order valence-corrected chi connectivity index (χ4v) is 5.21. The first-order valence-electron chi connectivity index (χ1n) is 11.5.